The standard InChI is InChI=1S/C12H19N5O/c1-9-15-16-11(18-9)8-17-6-5-13-10(17)7-14-12(2,3)4/h5-6,14H,7-8H2,1-4H3. The van der Waals surface area contributed by atoms with Gasteiger partial charge in [-0.25, -0.2) is 4.98 Å². The molecular formula is C12H19N5O. The molecule has 0 radical (unpaired) electrons. The Balaban J connectivity index is 2.03. The first-order valence-electron chi connectivity index (χ1n) is 5.98. The number of aryl methyl sites for hydroxylation is 1. The van der Waals surface area contributed by atoms with Crippen molar-refractivity contribution in [3.63, 3.8) is 0 Å². The summed E-state index contributed by atoms with van der Waals surface area (Å²) in [6.07, 6.45) is 3.70. The molecular weight excluding hydrogens is 230 g/mol. The second-order valence-electron chi connectivity index (χ2n) is 5.29. The van der Waals surface area contributed by atoms with Crippen molar-refractivity contribution in [1.82, 2.24) is 25.1 Å². The second-order valence-corrected chi connectivity index (χ2v) is 5.29. The molecule has 0 bridgehead atoms. The molecule has 6 heteroatoms. The van der Waals surface area contributed by atoms with E-state index < -0.39 is 0 Å². The molecule has 0 aliphatic heterocycles. The Morgan fingerprint density at radius 3 is 2.72 bits per heavy atom. The molecule has 6 nitrogen and oxygen atoms in total. The summed E-state index contributed by atoms with van der Waals surface area (Å²) in [6, 6.07) is 0. The Hall–Kier alpha value is -1.69. The van der Waals surface area contributed by atoms with Crippen LogP contribution in [-0.4, -0.2) is 25.3 Å². The molecule has 2 aromatic heterocycles. The van der Waals surface area contributed by atoms with E-state index in [1.807, 2.05) is 10.8 Å². The number of imidazole rings is 1. The maximum Gasteiger partial charge on any atom is 0.236 e. The molecule has 0 aromatic carbocycles. The first kappa shape index (κ1) is 12.8. The van der Waals surface area contributed by atoms with Gasteiger partial charge in [-0.15, -0.1) is 10.2 Å². The van der Waals surface area contributed by atoms with E-state index in [1.54, 1.807) is 13.1 Å². The third-order valence-electron chi connectivity index (χ3n) is 2.45. The third kappa shape index (κ3) is 3.40. The van der Waals surface area contributed by atoms with E-state index in [2.05, 4.69) is 41.3 Å². The maximum atomic E-state index is 5.37. The molecule has 2 rings (SSSR count). The fraction of sp³-hybridized carbons (Fsp3) is 0.583. The normalized spacial score (nSPS) is 12.0. The largest absolute Gasteiger partial charge is 0.424 e. The maximum absolute atomic E-state index is 5.37. The predicted octanol–water partition coefficient (Wildman–Crippen LogP) is 1.51. The highest BCUT2D eigenvalue weighted by Crippen LogP contribution is 2.06. The third-order valence-corrected chi connectivity index (χ3v) is 2.45. The summed E-state index contributed by atoms with van der Waals surface area (Å²) in [6.45, 7) is 9.43. The van der Waals surface area contributed by atoms with Crippen LogP contribution in [0, 0.1) is 6.92 Å². The minimum Gasteiger partial charge on any atom is -0.424 e. The summed E-state index contributed by atoms with van der Waals surface area (Å²) in [7, 11) is 0. The lowest BCUT2D eigenvalue weighted by molar-refractivity contribution is 0.407. The van der Waals surface area contributed by atoms with Gasteiger partial charge in [0, 0.05) is 24.9 Å². The van der Waals surface area contributed by atoms with Crippen LogP contribution in [-0.2, 0) is 13.1 Å². The van der Waals surface area contributed by atoms with Gasteiger partial charge in [-0.3, -0.25) is 0 Å². The average Bonchev–Trinajstić information content (AvgIpc) is 2.85. The Morgan fingerprint density at radius 1 is 1.33 bits per heavy atom. The smallest absolute Gasteiger partial charge is 0.236 e. The van der Waals surface area contributed by atoms with Crippen LogP contribution in [0.25, 0.3) is 0 Å². The van der Waals surface area contributed by atoms with Crippen LogP contribution in [0.15, 0.2) is 16.8 Å². The van der Waals surface area contributed by atoms with Crippen molar-refractivity contribution in [2.24, 2.45) is 0 Å². The highest BCUT2D eigenvalue weighted by atomic mass is 16.4. The molecule has 2 aromatic rings. The fourth-order valence-electron chi connectivity index (χ4n) is 1.54. The van der Waals surface area contributed by atoms with E-state index >= 15 is 0 Å². The molecule has 0 unspecified atom stereocenters. The first-order valence-corrected chi connectivity index (χ1v) is 5.98. The highest BCUT2D eigenvalue weighted by molar-refractivity contribution is 4.96. The van der Waals surface area contributed by atoms with Gasteiger partial charge in [0.1, 0.15) is 12.4 Å². The van der Waals surface area contributed by atoms with Crippen LogP contribution in [0.3, 0.4) is 0 Å². The zero-order valence-electron chi connectivity index (χ0n) is 11.3. The molecule has 98 valence electrons. The van der Waals surface area contributed by atoms with E-state index in [0.29, 0.717) is 24.9 Å². The van der Waals surface area contributed by atoms with E-state index in [0.717, 1.165) is 5.82 Å². The van der Waals surface area contributed by atoms with Crippen LogP contribution in [0.2, 0.25) is 0 Å². The van der Waals surface area contributed by atoms with Crippen molar-refractivity contribution in [2.45, 2.75) is 46.3 Å². The van der Waals surface area contributed by atoms with E-state index in [-0.39, 0.29) is 5.54 Å². The van der Waals surface area contributed by atoms with Crippen molar-refractivity contribution in [3.05, 3.63) is 30.0 Å². The second kappa shape index (κ2) is 4.89. The van der Waals surface area contributed by atoms with Gasteiger partial charge >= 0.3 is 0 Å². The number of nitrogens with one attached hydrogen (secondary N) is 1. The summed E-state index contributed by atoms with van der Waals surface area (Å²) >= 11 is 0. The molecule has 0 aliphatic rings. The fourth-order valence-corrected chi connectivity index (χ4v) is 1.54. The predicted molar refractivity (Wildman–Crippen MR) is 67.0 cm³/mol. The van der Waals surface area contributed by atoms with Crippen molar-refractivity contribution in [1.29, 1.82) is 0 Å². The van der Waals surface area contributed by atoms with Gasteiger partial charge in [0.2, 0.25) is 11.8 Å². The summed E-state index contributed by atoms with van der Waals surface area (Å²) in [5.41, 5.74) is 0.0673. The lowest BCUT2D eigenvalue weighted by Crippen LogP contribution is -2.36. The number of hydrogen-bond acceptors (Lipinski definition) is 5. The van der Waals surface area contributed by atoms with Crippen molar-refractivity contribution in [2.75, 3.05) is 0 Å². The van der Waals surface area contributed by atoms with E-state index in [4.69, 9.17) is 4.42 Å². The molecule has 0 spiro atoms. The molecule has 0 amide bonds. The van der Waals surface area contributed by atoms with Gasteiger partial charge in [0.05, 0.1) is 6.54 Å². The van der Waals surface area contributed by atoms with Crippen molar-refractivity contribution >= 4 is 0 Å². The average molecular weight is 249 g/mol. The lowest BCUT2D eigenvalue weighted by Gasteiger charge is -2.20. The van der Waals surface area contributed by atoms with Crippen LogP contribution < -0.4 is 5.32 Å². The quantitative estimate of drug-likeness (QED) is 0.889. The molecule has 0 atom stereocenters. The number of aromatic nitrogens is 4. The lowest BCUT2D eigenvalue weighted by atomic mass is 10.1. The summed E-state index contributed by atoms with van der Waals surface area (Å²) in [5, 5.41) is 11.2. The van der Waals surface area contributed by atoms with Gasteiger partial charge in [-0.1, -0.05) is 0 Å². The Kier molecular flexibility index (Phi) is 3.47. The van der Waals surface area contributed by atoms with Gasteiger partial charge in [0.15, 0.2) is 0 Å². The topological polar surface area (TPSA) is 68.8 Å². The van der Waals surface area contributed by atoms with Crippen LogP contribution in [0.5, 0.6) is 0 Å². The monoisotopic (exact) mass is 249 g/mol. The first-order chi connectivity index (χ1) is 8.44. The SMILES string of the molecule is Cc1nnc(Cn2ccnc2CNC(C)(C)C)o1. The molecule has 0 saturated heterocycles. The molecule has 18 heavy (non-hydrogen) atoms. The summed E-state index contributed by atoms with van der Waals surface area (Å²) in [5.74, 6) is 2.14. The van der Waals surface area contributed by atoms with E-state index in [9.17, 15) is 0 Å². The molecule has 0 fully saturated rings. The van der Waals surface area contributed by atoms with Gasteiger partial charge < -0.3 is 14.3 Å². The molecule has 0 saturated carbocycles. The van der Waals surface area contributed by atoms with Gasteiger partial charge in [-0.05, 0) is 20.8 Å². The molecule has 2 heterocycles. The van der Waals surface area contributed by atoms with Crippen molar-refractivity contribution < 1.29 is 4.42 Å². The molecule has 0 aliphatic carbocycles. The van der Waals surface area contributed by atoms with Crippen LogP contribution in [0.1, 0.15) is 38.4 Å². The van der Waals surface area contributed by atoms with Gasteiger partial charge in [-0.2, -0.15) is 0 Å². The zero-order chi connectivity index (χ0) is 13.2. The zero-order valence-corrected chi connectivity index (χ0v) is 11.3. The Bertz CT molecular complexity index is 509. The van der Waals surface area contributed by atoms with E-state index in [1.165, 1.54) is 0 Å². The Morgan fingerprint density at radius 2 is 2.11 bits per heavy atom. The minimum absolute atomic E-state index is 0.0673. The van der Waals surface area contributed by atoms with Crippen LogP contribution in [0.4, 0.5) is 0 Å². The minimum atomic E-state index is 0.0673. The Labute approximate surface area is 106 Å². The van der Waals surface area contributed by atoms with Crippen LogP contribution >= 0.6 is 0 Å². The number of rotatable bonds is 4. The number of hydrogen-bond donors (Lipinski definition) is 1. The molecule has 1 N–H and O–H groups in total. The summed E-state index contributed by atoms with van der Waals surface area (Å²) in [4.78, 5) is 4.33. The number of nitrogens with zero attached hydrogens (tertiary/aromatic N) is 4. The summed E-state index contributed by atoms with van der Waals surface area (Å²) < 4.78 is 7.37. The van der Waals surface area contributed by atoms with Crippen molar-refractivity contribution in [3.8, 4) is 0 Å². The highest BCUT2D eigenvalue weighted by Gasteiger charge is 2.12. The van der Waals surface area contributed by atoms with Gasteiger partial charge in [0.25, 0.3) is 0 Å².